The largest absolute Gasteiger partial charge is 0.497 e. The number of methoxy groups -OCH3 is 1. The molecule has 4 aromatic rings. The van der Waals surface area contributed by atoms with Crippen molar-refractivity contribution in [3.8, 4) is 5.75 Å². The average molecular weight is 492 g/mol. The normalized spacial score (nSPS) is 11.1. The second-order valence-electron chi connectivity index (χ2n) is 8.11. The first kappa shape index (κ1) is 24.5. The number of nitrogens with one attached hydrogen (secondary N) is 1. The van der Waals surface area contributed by atoms with Crippen LogP contribution >= 0.6 is 11.8 Å². The highest BCUT2D eigenvalue weighted by Gasteiger charge is 2.19. The number of thioether (sulfide) groups is 1. The molecular formula is C26H29N5O3S. The number of benzene rings is 2. The fraction of sp³-hybridized carbons (Fsp3) is 0.308. The van der Waals surface area contributed by atoms with E-state index in [0.29, 0.717) is 41.5 Å². The Morgan fingerprint density at radius 1 is 1.09 bits per heavy atom. The molecule has 0 aliphatic carbocycles. The lowest BCUT2D eigenvalue weighted by Gasteiger charge is -2.13. The summed E-state index contributed by atoms with van der Waals surface area (Å²) in [6, 6.07) is 17.6. The molecule has 0 radical (unpaired) electrons. The second-order valence-corrected chi connectivity index (χ2v) is 9.05. The maximum Gasteiger partial charge on any atom is 0.280 e. The van der Waals surface area contributed by atoms with E-state index in [0.717, 1.165) is 17.7 Å². The summed E-state index contributed by atoms with van der Waals surface area (Å²) in [6.45, 7) is 5.25. The highest BCUT2D eigenvalue weighted by Crippen LogP contribution is 2.21. The number of amides is 1. The van der Waals surface area contributed by atoms with Crippen LogP contribution in [-0.4, -0.2) is 44.6 Å². The third kappa shape index (κ3) is 5.74. The first-order valence-corrected chi connectivity index (χ1v) is 12.5. The van der Waals surface area contributed by atoms with Gasteiger partial charge in [-0.2, -0.15) is 5.10 Å². The van der Waals surface area contributed by atoms with Crippen LogP contribution in [0, 0.1) is 6.92 Å². The van der Waals surface area contributed by atoms with Crippen LogP contribution in [0.3, 0.4) is 0 Å². The Kier molecular flexibility index (Phi) is 7.87. The molecule has 9 heteroatoms. The van der Waals surface area contributed by atoms with Gasteiger partial charge in [-0.3, -0.25) is 18.8 Å². The summed E-state index contributed by atoms with van der Waals surface area (Å²) < 4.78 is 8.56. The van der Waals surface area contributed by atoms with Gasteiger partial charge in [-0.1, -0.05) is 54.2 Å². The van der Waals surface area contributed by atoms with Crippen molar-refractivity contribution < 1.29 is 9.53 Å². The van der Waals surface area contributed by atoms with E-state index < -0.39 is 0 Å². The molecule has 0 aliphatic heterocycles. The van der Waals surface area contributed by atoms with E-state index in [-0.39, 0.29) is 17.2 Å². The van der Waals surface area contributed by atoms with E-state index in [9.17, 15) is 9.59 Å². The number of nitrogens with zero attached hydrogens (tertiary/aromatic N) is 4. The van der Waals surface area contributed by atoms with Gasteiger partial charge in [0.25, 0.3) is 5.56 Å². The van der Waals surface area contributed by atoms with E-state index in [2.05, 4.69) is 10.4 Å². The summed E-state index contributed by atoms with van der Waals surface area (Å²) in [5.41, 5.74) is 3.70. The molecule has 0 spiro atoms. The topological polar surface area (TPSA) is 91.0 Å². The van der Waals surface area contributed by atoms with Crippen molar-refractivity contribution in [1.82, 2.24) is 24.6 Å². The Morgan fingerprint density at radius 3 is 2.51 bits per heavy atom. The third-order valence-electron chi connectivity index (χ3n) is 5.69. The molecule has 4 rings (SSSR count). The zero-order valence-electron chi connectivity index (χ0n) is 20.2. The minimum absolute atomic E-state index is 0.0998. The van der Waals surface area contributed by atoms with Gasteiger partial charge in [0.05, 0.1) is 25.1 Å². The summed E-state index contributed by atoms with van der Waals surface area (Å²) in [5, 5.41) is 7.93. The van der Waals surface area contributed by atoms with Gasteiger partial charge in [0.15, 0.2) is 10.7 Å². The zero-order chi connectivity index (χ0) is 24.8. The molecule has 2 aromatic heterocycles. The lowest BCUT2D eigenvalue weighted by atomic mass is 10.1. The van der Waals surface area contributed by atoms with Gasteiger partial charge >= 0.3 is 0 Å². The van der Waals surface area contributed by atoms with Crippen molar-refractivity contribution in [2.45, 2.75) is 38.5 Å². The van der Waals surface area contributed by atoms with Gasteiger partial charge in [0.2, 0.25) is 5.91 Å². The summed E-state index contributed by atoms with van der Waals surface area (Å²) in [4.78, 5) is 30.9. The van der Waals surface area contributed by atoms with Crippen molar-refractivity contribution in [1.29, 1.82) is 0 Å². The van der Waals surface area contributed by atoms with E-state index in [1.165, 1.54) is 17.3 Å². The van der Waals surface area contributed by atoms with Gasteiger partial charge in [-0.05, 0) is 43.5 Å². The molecule has 182 valence electrons. The fourth-order valence-electron chi connectivity index (χ4n) is 3.85. The molecular weight excluding hydrogens is 462 g/mol. The molecule has 35 heavy (non-hydrogen) atoms. The van der Waals surface area contributed by atoms with Crippen molar-refractivity contribution >= 4 is 28.7 Å². The predicted molar refractivity (Wildman–Crippen MR) is 138 cm³/mol. The van der Waals surface area contributed by atoms with Gasteiger partial charge in [-0.15, -0.1) is 0 Å². The van der Waals surface area contributed by atoms with Crippen LogP contribution in [-0.2, 0) is 24.3 Å². The Hall–Kier alpha value is -3.59. The molecule has 2 aromatic carbocycles. The smallest absolute Gasteiger partial charge is 0.280 e. The molecule has 0 unspecified atom stereocenters. The van der Waals surface area contributed by atoms with Gasteiger partial charge in [-0.25, -0.2) is 4.98 Å². The second kappa shape index (κ2) is 11.2. The van der Waals surface area contributed by atoms with Crippen molar-refractivity contribution in [3.63, 3.8) is 0 Å². The van der Waals surface area contributed by atoms with Gasteiger partial charge < -0.3 is 10.1 Å². The van der Waals surface area contributed by atoms with E-state index in [4.69, 9.17) is 9.72 Å². The summed E-state index contributed by atoms with van der Waals surface area (Å²) in [7, 11) is 1.62. The molecule has 0 fully saturated rings. The lowest BCUT2D eigenvalue weighted by Crippen LogP contribution is -2.29. The van der Waals surface area contributed by atoms with Crippen LogP contribution in [0.2, 0.25) is 0 Å². The predicted octanol–water partition coefficient (Wildman–Crippen LogP) is 3.43. The number of aryl methyl sites for hydroxylation is 2. The summed E-state index contributed by atoms with van der Waals surface area (Å²) in [6.07, 6.45) is 0.763. The number of rotatable bonds is 10. The number of carbonyl (C=O) groups is 1. The fourth-order valence-corrected chi connectivity index (χ4v) is 4.67. The summed E-state index contributed by atoms with van der Waals surface area (Å²) >= 11 is 1.26. The SMILES string of the molecule is CCn1nc(C)c2nc(SCC(=O)NCCc3ccccc3)n(Cc3ccc(OC)cc3)c(=O)c21. The lowest BCUT2D eigenvalue weighted by molar-refractivity contribution is -0.118. The number of ether oxygens (including phenoxy) is 1. The van der Waals surface area contributed by atoms with Crippen LogP contribution in [0.4, 0.5) is 0 Å². The maximum atomic E-state index is 13.6. The molecule has 8 nitrogen and oxygen atoms in total. The van der Waals surface area contributed by atoms with Gasteiger partial charge in [0, 0.05) is 13.1 Å². The maximum absolute atomic E-state index is 13.6. The van der Waals surface area contributed by atoms with E-state index >= 15 is 0 Å². The molecule has 0 bridgehead atoms. The number of carbonyl (C=O) groups excluding carboxylic acids is 1. The van der Waals surface area contributed by atoms with E-state index in [1.807, 2.05) is 68.4 Å². The molecule has 0 aliphatic rings. The van der Waals surface area contributed by atoms with Crippen LogP contribution in [0.15, 0.2) is 64.5 Å². The van der Waals surface area contributed by atoms with E-state index in [1.54, 1.807) is 16.4 Å². The van der Waals surface area contributed by atoms with Crippen molar-refractivity contribution in [2.24, 2.45) is 0 Å². The molecule has 0 saturated heterocycles. The summed E-state index contributed by atoms with van der Waals surface area (Å²) in [5.74, 6) is 0.810. The Morgan fingerprint density at radius 2 is 1.83 bits per heavy atom. The standard InChI is InChI=1S/C26H29N5O3S/c1-4-31-24-23(18(2)29-31)28-26(30(25(24)33)16-20-10-12-21(34-3)13-11-20)35-17-22(32)27-15-14-19-8-6-5-7-9-19/h5-13H,4,14-17H2,1-3H3,(H,27,32). The van der Waals surface area contributed by atoms with Crippen LogP contribution in [0.25, 0.3) is 11.0 Å². The van der Waals surface area contributed by atoms with Crippen LogP contribution in [0.5, 0.6) is 5.75 Å². The van der Waals surface area contributed by atoms with Crippen molar-refractivity contribution in [3.05, 3.63) is 81.8 Å². The Balaban J connectivity index is 1.56. The van der Waals surface area contributed by atoms with Crippen molar-refractivity contribution in [2.75, 3.05) is 19.4 Å². The highest BCUT2D eigenvalue weighted by molar-refractivity contribution is 7.99. The quantitative estimate of drug-likeness (QED) is 0.270. The molecule has 1 amide bonds. The zero-order valence-corrected chi connectivity index (χ0v) is 21.0. The van der Waals surface area contributed by atoms with Crippen LogP contribution in [0.1, 0.15) is 23.7 Å². The Labute approximate surface area is 208 Å². The monoisotopic (exact) mass is 491 g/mol. The third-order valence-corrected chi connectivity index (χ3v) is 6.67. The van der Waals surface area contributed by atoms with Crippen LogP contribution < -0.4 is 15.6 Å². The number of hydrogen-bond donors (Lipinski definition) is 1. The van der Waals surface area contributed by atoms with Gasteiger partial charge in [0.1, 0.15) is 11.3 Å². The molecule has 2 heterocycles. The first-order valence-electron chi connectivity index (χ1n) is 11.5. The number of aromatic nitrogens is 4. The minimum Gasteiger partial charge on any atom is -0.497 e. The average Bonchev–Trinajstić information content (AvgIpc) is 3.21. The Bertz CT molecular complexity index is 1360. The highest BCUT2D eigenvalue weighted by atomic mass is 32.2. The number of hydrogen-bond acceptors (Lipinski definition) is 6. The number of fused-ring (bicyclic) bond motifs is 1. The molecule has 0 atom stereocenters. The molecule has 1 N–H and O–H groups in total. The minimum atomic E-state index is -0.166. The first-order chi connectivity index (χ1) is 17.0. The molecule has 0 saturated carbocycles.